The molecule has 11 aromatic carbocycles. The van der Waals surface area contributed by atoms with Crippen molar-refractivity contribution >= 4 is 85.4 Å². The molecule has 0 spiro atoms. The van der Waals surface area contributed by atoms with Crippen molar-refractivity contribution in [2.75, 3.05) is 0 Å². The van der Waals surface area contributed by atoms with Crippen molar-refractivity contribution in [3.05, 3.63) is 206 Å². The molecule has 1 heterocycles. The van der Waals surface area contributed by atoms with Gasteiger partial charge in [-0.3, -0.25) is 0 Å². The van der Waals surface area contributed by atoms with Gasteiger partial charge in [-0.1, -0.05) is 194 Å². The van der Waals surface area contributed by atoms with E-state index in [9.17, 15) is 0 Å². The summed E-state index contributed by atoms with van der Waals surface area (Å²) in [4.78, 5) is 0. The Balaban J connectivity index is 1.12. The van der Waals surface area contributed by atoms with E-state index in [0.29, 0.717) is 0 Å². The summed E-state index contributed by atoms with van der Waals surface area (Å²) in [6.07, 6.45) is 0. The predicted molar refractivity (Wildman–Crippen MR) is 249 cm³/mol. The van der Waals surface area contributed by atoms with Gasteiger partial charge >= 0.3 is 0 Å². The van der Waals surface area contributed by atoms with E-state index in [1.54, 1.807) is 0 Å². The standard InChI is InChI=1S/C56H34S/c1-2-17-36(18-3-1)52-40-21-6-8-23-42(40)53(43-24-9-7-22-41(43)52)37-32-33-51-50(34-37)48-30-15-31-49(56(48)57-51)55-46-27-12-10-25-44(46)54(45-26-11-13-28-47(45)55)39-29-14-19-35-16-4-5-20-38(35)39/h1-34H. The maximum atomic E-state index is 2.45. The second-order valence-electron chi connectivity index (χ2n) is 15.1. The van der Waals surface area contributed by atoms with Crippen LogP contribution in [0.25, 0.3) is 119 Å². The van der Waals surface area contributed by atoms with Crippen LogP contribution in [0, 0.1) is 0 Å². The maximum Gasteiger partial charge on any atom is 0.0434 e. The molecule has 0 nitrogen and oxygen atoms in total. The molecule has 0 saturated carbocycles. The Kier molecular flexibility index (Phi) is 7.20. The summed E-state index contributed by atoms with van der Waals surface area (Å²) >= 11 is 1.91. The van der Waals surface area contributed by atoms with E-state index in [2.05, 4.69) is 206 Å². The van der Waals surface area contributed by atoms with Crippen molar-refractivity contribution in [2.45, 2.75) is 0 Å². The van der Waals surface area contributed by atoms with Gasteiger partial charge in [0.05, 0.1) is 0 Å². The first-order valence-corrected chi connectivity index (χ1v) is 20.5. The van der Waals surface area contributed by atoms with Gasteiger partial charge in [0.25, 0.3) is 0 Å². The molecular formula is C56H34S. The van der Waals surface area contributed by atoms with E-state index in [1.165, 1.54) is 119 Å². The second kappa shape index (κ2) is 12.7. The molecule has 1 heteroatoms. The summed E-state index contributed by atoms with van der Waals surface area (Å²) in [7, 11) is 0. The van der Waals surface area contributed by atoms with Crippen LogP contribution in [0.1, 0.15) is 0 Å². The highest BCUT2D eigenvalue weighted by atomic mass is 32.1. The van der Waals surface area contributed by atoms with Gasteiger partial charge in [-0.15, -0.1) is 11.3 Å². The summed E-state index contributed by atoms with van der Waals surface area (Å²) < 4.78 is 2.63. The van der Waals surface area contributed by atoms with Crippen molar-refractivity contribution in [2.24, 2.45) is 0 Å². The Morgan fingerprint density at radius 3 is 1.26 bits per heavy atom. The smallest absolute Gasteiger partial charge is 0.0434 e. The average Bonchev–Trinajstić information content (AvgIpc) is 3.66. The zero-order chi connectivity index (χ0) is 37.5. The zero-order valence-corrected chi connectivity index (χ0v) is 31.9. The SMILES string of the molecule is c1ccc(-c2c3ccccc3c(-c3ccc4sc5c(-c6c7ccccc7c(-c7cccc8ccccc78)c7ccccc67)cccc5c4c3)c3ccccc23)cc1. The van der Waals surface area contributed by atoms with E-state index < -0.39 is 0 Å². The largest absolute Gasteiger partial charge is 0.135 e. The minimum Gasteiger partial charge on any atom is -0.135 e. The molecule has 0 aliphatic rings. The molecule has 0 amide bonds. The number of rotatable bonds is 4. The first kappa shape index (κ1) is 32.2. The monoisotopic (exact) mass is 738 g/mol. The molecule has 12 rings (SSSR count). The van der Waals surface area contributed by atoms with Crippen LogP contribution < -0.4 is 0 Å². The fourth-order valence-electron chi connectivity index (χ4n) is 9.66. The van der Waals surface area contributed by atoms with Crippen LogP contribution in [0.2, 0.25) is 0 Å². The fraction of sp³-hybridized carbons (Fsp3) is 0. The second-order valence-corrected chi connectivity index (χ2v) is 16.1. The van der Waals surface area contributed by atoms with Crippen LogP contribution in [0.3, 0.4) is 0 Å². The summed E-state index contributed by atoms with van der Waals surface area (Å²) in [5.41, 5.74) is 10.2. The molecular weight excluding hydrogens is 705 g/mol. The molecule has 0 atom stereocenters. The summed E-state index contributed by atoms with van der Waals surface area (Å²) in [5.74, 6) is 0. The van der Waals surface area contributed by atoms with Crippen molar-refractivity contribution in [3.63, 3.8) is 0 Å². The fourth-order valence-corrected chi connectivity index (χ4v) is 10.9. The van der Waals surface area contributed by atoms with Gasteiger partial charge in [-0.25, -0.2) is 0 Å². The third-order valence-electron chi connectivity index (χ3n) is 12.0. The maximum absolute atomic E-state index is 2.45. The number of thiophene rings is 1. The lowest BCUT2D eigenvalue weighted by atomic mass is 9.84. The van der Waals surface area contributed by atoms with Crippen molar-refractivity contribution in [1.29, 1.82) is 0 Å². The number of hydrogen-bond donors (Lipinski definition) is 0. The van der Waals surface area contributed by atoms with E-state index in [-0.39, 0.29) is 0 Å². The Hall–Kier alpha value is -7.06. The van der Waals surface area contributed by atoms with Crippen LogP contribution in [0.15, 0.2) is 206 Å². The van der Waals surface area contributed by atoms with E-state index in [1.807, 2.05) is 11.3 Å². The Morgan fingerprint density at radius 2 is 0.667 bits per heavy atom. The van der Waals surface area contributed by atoms with Crippen molar-refractivity contribution in [1.82, 2.24) is 0 Å². The van der Waals surface area contributed by atoms with Crippen molar-refractivity contribution in [3.8, 4) is 44.5 Å². The molecule has 1 aromatic heterocycles. The topological polar surface area (TPSA) is 0 Å². The molecule has 12 aromatic rings. The molecule has 0 aliphatic carbocycles. The first-order valence-electron chi connectivity index (χ1n) is 19.7. The highest BCUT2D eigenvalue weighted by molar-refractivity contribution is 7.26. The highest BCUT2D eigenvalue weighted by Gasteiger charge is 2.21. The highest BCUT2D eigenvalue weighted by Crippen LogP contribution is 2.50. The lowest BCUT2D eigenvalue weighted by molar-refractivity contribution is 1.66. The molecule has 0 aliphatic heterocycles. The average molecular weight is 739 g/mol. The number of benzene rings is 11. The molecule has 0 bridgehead atoms. The van der Waals surface area contributed by atoms with Crippen LogP contribution in [-0.4, -0.2) is 0 Å². The third kappa shape index (κ3) is 4.86. The summed E-state index contributed by atoms with van der Waals surface area (Å²) in [6.45, 7) is 0. The molecule has 0 fully saturated rings. The zero-order valence-electron chi connectivity index (χ0n) is 31.0. The van der Waals surface area contributed by atoms with Gasteiger partial charge in [0, 0.05) is 25.7 Å². The molecule has 0 saturated heterocycles. The molecule has 0 radical (unpaired) electrons. The van der Waals surface area contributed by atoms with E-state index >= 15 is 0 Å². The van der Waals surface area contributed by atoms with Crippen LogP contribution >= 0.6 is 11.3 Å². The molecule has 0 N–H and O–H groups in total. The van der Waals surface area contributed by atoms with Gasteiger partial charge in [-0.05, 0) is 105 Å². The Labute approximate surface area is 334 Å². The van der Waals surface area contributed by atoms with Gasteiger partial charge in [0.2, 0.25) is 0 Å². The van der Waals surface area contributed by atoms with Crippen LogP contribution in [0.5, 0.6) is 0 Å². The summed E-state index contributed by atoms with van der Waals surface area (Å²) in [6, 6.07) is 76.4. The first-order chi connectivity index (χ1) is 28.3. The van der Waals surface area contributed by atoms with E-state index in [0.717, 1.165) is 0 Å². The van der Waals surface area contributed by atoms with Gasteiger partial charge < -0.3 is 0 Å². The van der Waals surface area contributed by atoms with Crippen LogP contribution in [0.4, 0.5) is 0 Å². The third-order valence-corrected chi connectivity index (χ3v) is 13.3. The minimum absolute atomic E-state index is 1.24. The van der Waals surface area contributed by atoms with Crippen molar-refractivity contribution < 1.29 is 0 Å². The number of hydrogen-bond acceptors (Lipinski definition) is 1. The van der Waals surface area contributed by atoms with Gasteiger partial charge in [0.1, 0.15) is 0 Å². The van der Waals surface area contributed by atoms with Gasteiger partial charge in [-0.2, -0.15) is 0 Å². The summed E-state index contributed by atoms with van der Waals surface area (Å²) in [5, 5.41) is 15.4. The predicted octanol–water partition coefficient (Wildman–Crippen LogP) is 16.5. The van der Waals surface area contributed by atoms with E-state index in [4.69, 9.17) is 0 Å². The Bertz CT molecular complexity index is 3450. The molecule has 264 valence electrons. The Morgan fingerprint density at radius 1 is 0.246 bits per heavy atom. The molecule has 57 heavy (non-hydrogen) atoms. The minimum atomic E-state index is 1.24. The van der Waals surface area contributed by atoms with Crippen LogP contribution in [-0.2, 0) is 0 Å². The normalized spacial score (nSPS) is 11.9. The van der Waals surface area contributed by atoms with Gasteiger partial charge in [0.15, 0.2) is 0 Å². The lowest BCUT2D eigenvalue weighted by Crippen LogP contribution is -1.91. The quantitative estimate of drug-likeness (QED) is 0.158. The number of fused-ring (bicyclic) bond motifs is 8. The molecule has 0 unspecified atom stereocenters. The lowest BCUT2D eigenvalue weighted by Gasteiger charge is -2.19.